The van der Waals surface area contributed by atoms with Gasteiger partial charge in [-0.1, -0.05) is 54.6 Å². The summed E-state index contributed by atoms with van der Waals surface area (Å²) in [6, 6.07) is 32.2. The van der Waals surface area contributed by atoms with Gasteiger partial charge in [0.25, 0.3) is 0 Å². The summed E-state index contributed by atoms with van der Waals surface area (Å²) in [6.45, 7) is 0. The first-order valence-electron chi connectivity index (χ1n) is 11.3. The average Bonchev–Trinajstić information content (AvgIpc) is 2.94. The summed E-state index contributed by atoms with van der Waals surface area (Å²) in [4.78, 5) is 13.7. The number of carboxylic acids is 1. The van der Waals surface area contributed by atoms with Gasteiger partial charge in [0.05, 0.1) is 10.9 Å². The molecule has 44 heavy (non-hydrogen) atoms. The summed E-state index contributed by atoms with van der Waals surface area (Å²) in [5.41, 5.74) is 0. The van der Waals surface area contributed by atoms with Crippen LogP contribution < -0.4 is 5.11 Å². The molecule has 0 aliphatic rings. The molecule has 0 unspecified atom stereocenters. The third kappa shape index (κ3) is 6.30. The first-order chi connectivity index (χ1) is 19.9. The molecule has 0 aliphatic carbocycles. The molecule has 242 valence electrons. The van der Waals surface area contributed by atoms with Crippen molar-refractivity contribution in [1.82, 2.24) is 0 Å². The molecule has 0 bridgehead atoms. The molecule has 0 aromatic heterocycles. The van der Waals surface area contributed by atoms with Crippen molar-refractivity contribution >= 4 is 16.9 Å². The molecule has 18 heteroatoms. The molecule has 0 fully saturated rings. The van der Waals surface area contributed by atoms with Gasteiger partial charge in [-0.3, -0.25) is 0 Å². The zero-order valence-corrected chi connectivity index (χ0v) is 21.9. The molecule has 0 radical (unpaired) electrons. The third-order valence-electron chi connectivity index (χ3n) is 5.52. The number of carbonyl (C=O) groups excluding carboxylic acids is 1. The summed E-state index contributed by atoms with van der Waals surface area (Å²) in [5.74, 6) is -53.3. The number of carboxylic acid groups (broad SMARTS) is 1. The van der Waals surface area contributed by atoms with Crippen LogP contribution in [0.5, 0.6) is 0 Å². The highest BCUT2D eigenvalue weighted by atomic mass is 32.2. The van der Waals surface area contributed by atoms with E-state index in [1.165, 1.54) is 14.7 Å². The Bertz CT molecular complexity index is 1290. The third-order valence-corrected chi connectivity index (χ3v) is 7.75. The molecule has 0 spiro atoms. The highest BCUT2D eigenvalue weighted by Gasteiger charge is 2.93. The highest BCUT2D eigenvalue weighted by molar-refractivity contribution is 7.97. The molecule has 0 N–H and O–H groups in total. The van der Waals surface area contributed by atoms with Gasteiger partial charge in [-0.2, -0.15) is 65.9 Å². The fraction of sp³-hybridized carbons (Fsp3) is 0.269. The number of hydrogen-bond acceptors (Lipinski definition) is 2. The van der Waals surface area contributed by atoms with Gasteiger partial charge >= 0.3 is 41.7 Å². The fourth-order valence-corrected chi connectivity index (χ4v) is 5.28. The van der Waals surface area contributed by atoms with Crippen molar-refractivity contribution in [2.45, 2.75) is 56.4 Å². The van der Waals surface area contributed by atoms with Crippen molar-refractivity contribution in [1.29, 1.82) is 0 Å². The van der Waals surface area contributed by atoms with Crippen molar-refractivity contribution < 1.29 is 75.8 Å². The van der Waals surface area contributed by atoms with Crippen LogP contribution in [0.4, 0.5) is 65.9 Å². The Balaban J connectivity index is 0.000000315. The lowest BCUT2D eigenvalue weighted by molar-refractivity contribution is -0.454. The quantitative estimate of drug-likeness (QED) is 0.171. The normalized spacial score (nSPS) is 13.7. The van der Waals surface area contributed by atoms with Crippen LogP contribution in [-0.4, -0.2) is 47.7 Å². The molecular formula is C26H15F15O2S. The zero-order valence-electron chi connectivity index (χ0n) is 21.1. The maximum Gasteiger partial charge on any atom is 0.460 e. The number of halogens is 15. The van der Waals surface area contributed by atoms with E-state index in [2.05, 4.69) is 91.0 Å². The SMILES string of the molecule is O=C([O-])C(F)(F)C(F)(F)C(F)(F)C(F)(F)C(F)(F)C(F)(F)C(F)(F)F.c1ccc([S+](c2ccccc2)c2ccccc2)cc1. The molecule has 3 rings (SSSR count). The second-order valence-corrected chi connectivity index (χ2v) is 10.5. The molecule has 0 heterocycles. The van der Waals surface area contributed by atoms with E-state index in [0.717, 1.165) is 0 Å². The number of carbonyl (C=O) groups is 1. The monoisotopic (exact) mass is 676 g/mol. The largest absolute Gasteiger partial charge is 0.544 e. The maximum absolute atomic E-state index is 12.8. The van der Waals surface area contributed by atoms with Crippen LogP contribution in [0.25, 0.3) is 0 Å². The fourth-order valence-electron chi connectivity index (χ4n) is 3.17. The Hall–Kier alpha value is -3.57. The van der Waals surface area contributed by atoms with Crippen molar-refractivity contribution in [3.63, 3.8) is 0 Å². The van der Waals surface area contributed by atoms with E-state index in [1.54, 1.807) is 0 Å². The topological polar surface area (TPSA) is 40.1 Å². The molecule has 2 nitrogen and oxygen atoms in total. The van der Waals surface area contributed by atoms with Crippen molar-refractivity contribution in [3.8, 4) is 0 Å². The first kappa shape index (κ1) is 36.6. The predicted octanol–water partition coefficient (Wildman–Crippen LogP) is 7.89. The second-order valence-electron chi connectivity index (χ2n) is 8.48. The van der Waals surface area contributed by atoms with Gasteiger partial charge in [0.2, 0.25) is 0 Å². The molecule has 0 saturated heterocycles. The van der Waals surface area contributed by atoms with E-state index < -0.39 is 47.7 Å². The van der Waals surface area contributed by atoms with Crippen LogP contribution in [0.3, 0.4) is 0 Å². The van der Waals surface area contributed by atoms with E-state index in [4.69, 9.17) is 0 Å². The molecule has 0 atom stereocenters. The van der Waals surface area contributed by atoms with Crippen LogP contribution in [0.1, 0.15) is 0 Å². The van der Waals surface area contributed by atoms with Crippen LogP contribution in [-0.2, 0) is 15.7 Å². The van der Waals surface area contributed by atoms with Gasteiger partial charge in [0.15, 0.2) is 14.7 Å². The van der Waals surface area contributed by atoms with Gasteiger partial charge in [-0.15, -0.1) is 0 Å². The van der Waals surface area contributed by atoms with Crippen LogP contribution in [0, 0.1) is 0 Å². The maximum atomic E-state index is 12.8. The zero-order chi connectivity index (χ0) is 34.0. The molecule has 0 amide bonds. The van der Waals surface area contributed by atoms with Crippen LogP contribution in [0.2, 0.25) is 0 Å². The minimum absolute atomic E-state index is 0.0146. The van der Waals surface area contributed by atoms with Crippen molar-refractivity contribution in [2.75, 3.05) is 0 Å². The molecule has 0 saturated carbocycles. The number of hydrogen-bond donors (Lipinski definition) is 0. The van der Waals surface area contributed by atoms with Gasteiger partial charge in [0, 0.05) is 0 Å². The van der Waals surface area contributed by atoms with Crippen LogP contribution in [0.15, 0.2) is 106 Å². The Morgan fingerprint density at radius 2 is 0.682 bits per heavy atom. The van der Waals surface area contributed by atoms with Crippen LogP contribution >= 0.6 is 0 Å². The van der Waals surface area contributed by atoms with Crippen molar-refractivity contribution in [3.05, 3.63) is 91.0 Å². The summed E-state index contributed by atoms with van der Waals surface area (Å²) in [7, 11) is -0.0146. The van der Waals surface area contributed by atoms with Gasteiger partial charge in [0.1, 0.15) is 5.97 Å². The Morgan fingerprint density at radius 3 is 0.932 bits per heavy atom. The summed E-state index contributed by atoms with van der Waals surface area (Å²) >= 11 is 0. The molecule has 0 aliphatic heterocycles. The average molecular weight is 676 g/mol. The van der Waals surface area contributed by atoms with Crippen molar-refractivity contribution in [2.24, 2.45) is 0 Å². The van der Waals surface area contributed by atoms with Gasteiger partial charge < -0.3 is 9.90 Å². The Labute approximate surface area is 240 Å². The number of benzene rings is 3. The van der Waals surface area contributed by atoms with E-state index in [1.807, 2.05) is 0 Å². The number of alkyl halides is 15. The minimum Gasteiger partial charge on any atom is -0.544 e. The predicted molar refractivity (Wildman–Crippen MR) is 122 cm³/mol. The Kier molecular flexibility index (Phi) is 10.4. The van der Waals surface area contributed by atoms with Gasteiger partial charge in [-0.05, 0) is 36.4 Å². The van der Waals surface area contributed by atoms with E-state index >= 15 is 0 Å². The first-order valence-corrected chi connectivity index (χ1v) is 12.6. The van der Waals surface area contributed by atoms with E-state index in [9.17, 15) is 75.8 Å². The molecular weight excluding hydrogens is 661 g/mol. The summed E-state index contributed by atoms with van der Waals surface area (Å²) in [5, 5.41) is 9.61. The highest BCUT2D eigenvalue weighted by Crippen LogP contribution is 2.62. The second kappa shape index (κ2) is 12.4. The smallest absolute Gasteiger partial charge is 0.460 e. The standard InChI is InChI=1S/C18H15S.C8HF15O2/c1-4-10-16(11-5-1)19(17-12-6-2-7-13-17)18-14-8-3-9-15-18;9-2(10,1(24)25)3(11,12)4(13,14)5(15,16)6(17,18)7(19,20)8(21,22)23/h1-15H;(H,24,25)/q+1;/p-1. The summed E-state index contributed by atoms with van der Waals surface area (Å²) in [6.07, 6.45) is -7.71. The lowest BCUT2D eigenvalue weighted by Crippen LogP contribution is -2.74. The lowest BCUT2D eigenvalue weighted by atomic mass is 9.91. The summed E-state index contributed by atoms with van der Waals surface area (Å²) < 4.78 is 186. The molecule has 3 aromatic rings. The van der Waals surface area contributed by atoms with E-state index in [0.29, 0.717) is 0 Å². The lowest BCUT2D eigenvalue weighted by Gasteiger charge is -2.41. The minimum atomic E-state index is -8.50. The molecule has 3 aromatic carbocycles. The number of rotatable bonds is 9. The Morgan fingerprint density at radius 1 is 0.432 bits per heavy atom. The van der Waals surface area contributed by atoms with Gasteiger partial charge in [-0.25, -0.2) is 0 Å². The van der Waals surface area contributed by atoms with E-state index in [-0.39, 0.29) is 10.9 Å². The number of aliphatic carboxylic acids is 1.